The molecule has 1 aliphatic rings. The Balaban J connectivity index is 2.06. The Hall–Kier alpha value is -1.69. The Morgan fingerprint density at radius 2 is 2.41 bits per heavy atom. The van der Waals surface area contributed by atoms with Crippen LogP contribution in [0.15, 0.2) is 18.2 Å². The van der Waals surface area contributed by atoms with Crippen molar-refractivity contribution in [1.29, 1.82) is 0 Å². The lowest BCUT2D eigenvalue weighted by Crippen LogP contribution is -2.16. The number of benzene rings is 1. The number of nitrogens with zero attached hydrogens (tertiary/aromatic N) is 1. The highest BCUT2D eigenvalue weighted by atomic mass is 19.1. The van der Waals surface area contributed by atoms with Gasteiger partial charge in [-0.05, 0) is 25.0 Å². The first-order valence-corrected chi connectivity index (χ1v) is 5.35. The molecule has 0 unspecified atom stereocenters. The van der Waals surface area contributed by atoms with Gasteiger partial charge in [0.1, 0.15) is 12.4 Å². The van der Waals surface area contributed by atoms with Crippen molar-refractivity contribution in [1.82, 2.24) is 0 Å². The number of nitro benzene ring substituents is 1. The van der Waals surface area contributed by atoms with Crippen LogP contribution in [0, 0.1) is 15.9 Å². The zero-order valence-electron chi connectivity index (χ0n) is 9.10. The lowest BCUT2D eigenvalue weighted by molar-refractivity contribution is -0.386. The van der Waals surface area contributed by atoms with Crippen LogP contribution in [0.3, 0.4) is 0 Å². The highest BCUT2D eigenvalue weighted by Gasteiger charge is 2.20. The summed E-state index contributed by atoms with van der Waals surface area (Å²) in [5.41, 5.74) is -0.358. The molecule has 1 saturated heterocycles. The maximum absolute atomic E-state index is 12.9. The number of rotatable bonds is 4. The highest BCUT2D eigenvalue weighted by molar-refractivity contribution is 5.46. The monoisotopic (exact) mass is 241 g/mol. The molecule has 92 valence electrons. The quantitative estimate of drug-likeness (QED) is 0.599. The lowest BCUT2D eigenvalue weighted by atomic mass is 10.2. The molecule has 0 N–H and O–H groups in total. The molecule has 0 spiro atoms. The fraction of sp³-hybridized carbons (Fsp3) is 0.455. The summed E-state index contributed by atoms with van der Waals surface area (Å²) in [6.07, 6.45) is 1.83. The van der Waals surface area contributed by atoms with Crippen LogP contribution < -0.4 is 4.74 Å². The number of hydrogen-bond acceptors (Lipinski definition) is 4. The summed E-state index contributed by atoms with van der Waals surface area (Å²) < 4.78 is 23.5. The van der Waals surface area contributed by atoms with E-state index < -0.39 is 10.7 Å². The number of ether oxygens (including phenoxy) is 2. The third-order valence-corrected chi connectivity index (χ3v) is 2.57. The van der Waals surface area contributed by atoms with Gasteiger partial charge in [0, 0.05) is 6.61 Å². The van der Waals surface area contributed by atoms with Gasteiger partial charge in [-0.2, -0.15) is 0 Å². The van der Waals surface area contributed by atoms with Crippen molar-refractivity contribution in [2.75, 3.05) is 13.2 Å². The second kappa shape index (κ2) is 5.09. The van der Waals surface area contributed by atoms with Gasteiger partial charge in [0.05, 0.1) is 17.1 Å². The first kappa shape index (κ1) is 11.8. The van der Waals surface area contributed by atoms with Crippen LogP contribution in [0.5, 0.6) is 5.75 Å². The Morgan fingerprint density at radius 1 is 1.59 bits per heavy atom. The summed E-state index contributed by atoms with van der Waals surface area (Å²) in [5.74, 6) is -0.576. The third-order valence-electron chi connectivity index (χ3n) is 2.57. The molecule has 0 saturated carbocycles. The van der Waals surface area contributed by atoms with Crippen LogP contribution in [-0.2, 0) is 4.74 Å². The molecule has 1 aliphatic heterocycles. The van der Waals surface area contributed by atoms with Crippen LogP contribution in [0.25, 0.3) is 0 Å². The SMILES string of the molecule is O=[N+]([O-])c1cc(F)ccc1OC[C@@H]1CCCO1. The van der Waals surface area contributed by atoms with Crippen LogP contribution >= 0.6 is 0 Å². The van der Waals surface area contributed by atoms with Crippen molar-refractivity contribution >= 4 is 5.69 Å². The fourth-order valence-corrected chi connectivity index (χ4v) is 1.71. The molecule has 1 atom stereocenters. The van der Waals surface area contributed by atoms with Crippen molar-refractivity contribution in [3.05, 3.63) is 34.1 Å². The van der Waals surface area contributed by atoms with Crippen LogP contribution in [-0.4, -0.2) is 24.2 Å². The maximum atomic E-state index is 12.9. The molecular weight excluding hydrogens is 229 g/mol. The summed E-state index contributed by atoms with van der Waals surface area (Å²) in [4.78, 5) is 10.0. The van der Waals surface area contributed by atoms with E-state index in [2.05, 4.69) is 0 Å². The van der Waals surface area contributed by atoms with Crippen molar-refractivity contribution in [2.45, 2.75) is 18.9 Å². The topological polar surface area (TPSA) is 61.6 Å². The summed E-state index contributed by atoms with van der Waals surface area (Å²) in [6.45, 7) is 0.950. The van der Waals surface area contributed by atoms with Crippen LogP contribution in [0.2, 0.25) is 0 Å². The molecule has 6 heteroatoms. The number of halogens is 1. The molecule has 1 fully saturated rings. The molecule has 0 aromatic heterocycles. The second-order valence-corrected chi connectivity index (χ2v) is 3.82. The van der Waals surface area contributed by atoms with Crippen molar-refractivity contribution in [3.63, 3.8) is 0 Å². The Morgan fingerprint density at radius 3 is 3.06 bits per heavy atom. The van der Waals surface area contributed by atoms with Crippen molar-refractivity contribution < 1.29 is 18.8 Å². The Bertz CT molecular complexity index is 418. The van der Waals surface area contributed by atoms with E-state index in [-0.39, 0.29) is 24.1 Å². The standard InChI is InChI=1S/C11H12FNO4/c12-8-3-4-11(10(6-8)13(14)15)17-7-9-2-1-5-16-9/h3-4,6,9H,1-2,5,7H2/t9-/m0/s1. The molecule has 1 heterocycles. The lowest BCUT2D eigenvalue weighted by Gasteiger charge is -2.11. The largest absolute Gasteiger partial charge is 0.484 e. The van der Waals surface area contributed by atoms with Crippen LogP contribution in [0.4, 0.5) is 10.1 Å². The van der Waals surface area contributed by atoms with Gasteiger partial charge in [-0.15, -0.1) is 0 Å². The second-order valence-electron chi connectivity index (χ2n) is 3.82. The minimum Gasteiger partial charge on any atom is -0.484 e. The number of hydrogen-bond donors (Lipinski definition) is 0. The van der Waals surface area contributed by atoms with Crippen molar-refractivity contribution in [2.24, 2.45) is 0 Å². The van der Waals surface area contributed by atoms with Gasteiger partial charge in [-0.1, -0.05) is 0 Å². The predicted octanol–water partition coefficient (Wildman–Crippen LogP) is 2.29. The van der Waals surface area contributed by atoms with E-state index >= 15 is 0 Å². The molecule has 2 rings (SSSR count). The van der Waals surface area contributed by atoms with Gasteiger partial charge in [0.25, 0.3) is 0 Å². The average Bonchev–Trinajstić information content (AvgIpc) is 2.80. The van der Waals surface area contributed by atoms with E-state index in [1.54, 1.807) is 0 Å². The Kier molecular flexibility index (Phi) is 3.53. The summed E-state index contributed by atoms with van der Waals surface area (Å²) in [7, 11) is 0. The zero-order valence-corrected chi connectivity index (χ0v) is 9.10. The first-order valence-electron chi connectivity index (χ1n) is 5.35. The van der Waals surface area contributed by atoms with Gasteiger partial charge in [0.2, 0.25) is 0 Å². The highest BCUT2D eigenvalue weighted by Crippen LogP contribution is 2.28. The molecule has 0 aliphatic carbocycles. The molecule has 0 amide bonds. The molecule has 1 aromatic carbocycles. The summed E-state index contributed by atoms with van der Waals surface area (Å²) in [6, 6.07) is 3.26. The minimum absolute atomic E-state index is 0.0281. The average molecular weight is 241 g/mol. The van der Waals surface area contributed by atoms with E-state index in [1.165, 1.54) is 6.07 Å². The predicted molar refractivity (Wildman–Crippen MR) is 57.5 cm³/mol. The molecule has 0 radical (unpaired) electrons. The normalized spacial score (nSPS) is 19.2. The molecule has 17 heavy (non-hydrogen) atoms. The smallest absolute Gasteiger partial charge is 0.313 e. The van der Waals surface area contributed by atoms with Gasteiger partial charge in [0.15, 0.2) is 5.75 Å². The van der Waals surface area contributed by atoms with Crippen molar-refractivity contribution in [3.8, 4) is 5.75 Å². The number of nitro groups is 1. The third kappa shape index (κ3) is 2.91. The van der Waals surface area contributed by atoms with Crippen LogP contribution in [0.1, 0.15) is 12.8 Å². The van der Waals surface area contributed by atoms with E-state index in [1.807, 2.05) is 0 Å². The zero-order chi connectivity index (χ0) is 12.3. The first-order chi connectivity index (χ1) is 8.16. The van der Waals surface area contributed by atoms with Gasteiger partial charge in [-0.25, -0.2) is 4.39 Å². The molecule has 5 nitrogen and oxygen atoms in total. The fourth-order valence-electron chi connectivity index (χ4n) is 1.71. The van der Waals surface area contributed by atoms with E-state index in [4.69, 9.17) is 9.47 Å². The maximum Gasteiger partial charge on any atom is 0.313 e. The minimum atomic E-state index is -0.659. The Labute approximate surface area is 97.3 Å². The van der Waals surface area contributed by atoms with Gasteiger partial charge < -0.3 is 9.47 Å². The molecular formula is C11H12FNO4. The van der Waals surface area contributed by atoms with E-state index in [9.17, 15) is 14.5 Å². The summed E-state index contributed by atoms with van der Waals surface area (Å²) in [5, 5.41) is 10.7. The van der Waals surface area contributed by atoms with E-state index in [0.29, 0.717) is 6.61 Å². The summed E-state index contributed by atoms with van der Waals surface area (Å²) >= 11 is 0. The van der Waals surface area contributed by atoms with Gasteiger partial charge in [-0.3, -0.25) is 10.1 Å². The van der Waals surface area contributed by atoms with Gasteiger partial charge >= 0.3 is 5.69 Å². The van der Waals surface area contributed by atoms with E-state index in [0.717, 1.165) is 25.0 Å². The molecule has 0 bridgehead atoms. The molecule has 1 aromatic rings.